The van der Waals surface area contributed by atoms with Gasteiger partial charge >= 0.3 is 5.97 Å². The van der Waals surface area contributed by atoms with E-state index >= 15 is 0 Å². The van der Waals surface area contributed by atoms with Gasteiger partial charge in [0.2, 0.25) is 0 Å². The van der Waals surface area contributed by atoms with Gasteiger partial charge in [-0.05, 0) is 109 Å². The summed E-state index contributed by atoms with van der Waals surface area (Å²) < 4.78 is 34.8. The van der Waals surface area contributed by atoms with Crippen LogP contribution in [-0.4, -0.2) is 70.7 Å². The normalized spacial score (nSPS) is 14.5. The summed E-state index contributed by atoms with van der Waals surface area (Å²) in [5.41, 5.74) is 0. The van der Waals surface area contributed by atoms with Crippen LogP contribution in [0, 0.1) is 0 Å². The van der Waals surface area contributed by atoms with Crippen molar-refractivity contribution in [2.45, 2.75) is 200 Å². The van der Waals surface area contributed by atoms with Crippen LogP contribution < -0.4 is 4.89 Å². The van der Waals surface area contributed by atoms with E-state index in [0.29, 0.717) is 24.1 Å². The maximum Gasteiger partial charge on any atom is 0.306 e. The topological polar surface area (TPSA) is 94.1 Å². The van der Waals surface area contributed by atoms with Crippen LogP contribution in [0.25, 0.3) is 0 Å². The van der Waals surface area contributed by atoms with Crippen LogP contribution in [0.1, 0.15) is 194 Å². The molecule has 0 saturated heterocycles. The van der Waals surface area contributed by atoms with Crippen LogP contribution in [-0.2, 0) is 27.9 Å². The van der Waals surface area contributed by atoms with Gasteiger partial charge in [-0.1, -0.05) is 212 Å². The minimum Gasteiger partial charge on any atom is -0.756 e. The first-order chi connectivity index (χ1) is 34.6. The summed E-state index contributed by atoms with van der Waals surface area (Å²) in [6, 6.07) is 0. The highest BCUT2D eigenvalue weighted by molar-refractivity contribution is 7.45. The fraction of sp³-hybridized carbons (Fsp3) is 0.629. The first-order valence-corrected chi connectivity index (χ1v) is 29.4. The number of ether oxygens (including phenoxy) is 2. The first-order valence-electron chi connectivity index (χ1n) is 27.9. The van der Waals surface area contributed by atoms with Crippen LogP contribution >= 0.6 is 7.82 Å². The number of phosphoric acid groups is 1. The molecule has 0 spiro atoms. The van der Waals surface area contributed by atoms with Crippen LogP contribution in [0.2, 0.25) is 0 Å². The number of hydrogen-bond acceptors (Lipinski definition) is 7. The van der Waals surface area contributed by atoms with E-state index in [-0.39, 0.29) is 25.8 Å². The van der Waals surface area contributed by atoms with Crippen LogP contribution in [0.3, 0.4) is 0 Å². The third kappa shape index (κ3) is 57.4. The van der Waals surface area contributed by atoms with Gasteiger partial charge in [-0.2, -0.15) is 0 Å². The molecular weight excluding hydrogens is 902 g/mol. The lowest BCUT2D eigenvalue weighted by Gasteiger charge is -2.28. The number of nitrogens with zero attached hydrogens (tertiary/aromatic N) is 1. The fourth-order valence-electron chi connectivity index (χ4n) is 6.99. The van der Waals surface area contributed by atoms with Crippen LogP contribution in [0.15, 0.2) is 134 Å². The lowest BCUT2D eigenvalue weighted by Crippen LogP contribution is -2.37. The second kappa shape index (κ2) is 52.9. The Morgan fingerprint density at radius 3 is 1.15 bits per heavy atom. The van der Waals surface area contributed by atoms with E-state index in [2.05, 4.69) is 148 Å². The van der Waals surface area contributed by atoms with Crippen molar-refractivity contribution in [3.8, 4) is 0 Å². The molecule has 0 aromatic carbocycles. The number of carbonyl (C=O) groups is 1. The molecule has 0 heterocycles. The maximum atomic E-state index is 12.8. The van der Waals surface area contributed by atoms with Crippen LogP contribution in [0.5, 0.6) is 0 Å². The Morgan fingerprint density at radius 1 is 0.437 bits per heavy atom. The first kappa shape index (κ1) is 67.6. The van der Waals surface area contributed by atoms with E-state index in [1.165, 1.54) is 64.2 Å². The molecule has 0 rings (SSSR count). The van der Waals surface area contributed by atoms with Crippen LogP contribution in [0.4, 0.5) is 0 Å². The van der Waals surface area contributed by atoms with Crippen molar-refractivity contribution in [1.29, 1.82) is 0 Å². The van der Waals surface area contributed by atoms with Crippen molar-refractivity contribution in [3.05, 3.63) is 134 Å². The van der Waals surface area contributed by atoms with Gasteiger partial charge in [0.1, 0.15) is 19.3 Å². The monoisotopic (exact) mass is 1010 g/mol. The summed E-state index contributed by atoms with van der Waals surface area (Å²) in [5, 5.41) is 0. The van der Waals surface area contributed by atoms with Crippen molar-refractivity contribution < 1.29 is 37.3 Å². The zero-order chi connectivity index (χ0) is 51.9. The lowest BCUT2D eigenvalue weighted by molar-refractivity contribution is -0.870. The number of quaternary nitrogens is 1. The highest BCUT2D eigenvalue weighted by Crippen LogP contribution is 2.38. The standard InChI is InChI=1S/C62H104NO7P/c1-6-8-10-12-14-16-18-20-22-24-26-28-30-32-33-35-37-39-41-43-45-47-49-51-53-55-62(64)70-61(60-69-71(65,66)68-58-56-63(3,4)5)59-67-57-54-52-50-48-46-44-42-40-38-36-34-31-29-27-25-23-21-19-17-15-13-11-9-7-2/h8-11,14-17,20-23,26-29,34,36,40,42,46,48,61H,6-7,12-13,18-19,24-25,30-33,35,37-39,41,43-45,47,49-60H2,1-5H3/b10-8-,11-9-,16-14-,17-15-,22-20-,23-21-,28-26-,29-27-,36-34-,42-40-,48-46-. The molecule has 404 valence electrons. The molecule has 0 radical (unpaired) electrons. The molecular formula is C62H104NO7P. The average molecular weight is 1010 g/mol. The Labute approximate surface area is 436 Å². The number of carbonyl (C=O) groups excluding carboxylic acids is 1. The second-order valence-corrected chi connectivity index (χ2v) is 20.6. The van der Waals surface area contributed by atoms with Crippen molar-refractivity contribution in [1.82, 2.24) is 0 Å². The molecule has 0 aliphatic heterocycles. The van der Waals surface area contributed by atoms with E-state index < -0.39 is 13.9 Å². The largest absolute Gasteiger partial charge is 0.756 e. The Balaban J connectivity index is 4.22. The molecule has 0 N–H and O–H groups in total. The number of hydrogen-bond donors (Lipinski definition) is 0. The Bertz CT molecular complexity index is 1590. The number of unbranched alkanes of at least 4 members (excludes halogenated alkanes) is 14. The summed E-state index contributed by atoms with van der Waals surface area (Å²) in [7, 11) is 1.31. The summed E-state index contributed by atoms with van der Waals surface area (Å²) in [6.07, 6.45) is 77.8. The Hall–Kier alpha value is -3.36. The van der Waals surface area contributed by atoms with Gasteiger partial charge in [-0.25, -0.2) is 0 Å². The lowest BCUT2D eigenvalue weighted by atomic mass is 10.0. The van der Waals surface area contributed by atoms with Gasteiger partial charge in [-0.3, -0.25) is 9.36 Å². The fourth-order valence-corrected chi connectivity index (χ4v) is 7.72. The second-order valence-electron chi connectivity index (χ2n) is 19.2. The smallest absolute Gasteiger partial charge is 0.306 e. The third-order valence-electron chi connectivity index (χ3n) is 11.2. The third-order valence-corrected chi connectivity index (χ3v) is 12.2. The highest BCUT2D eigenvalue weighted by Gasteiger charge is 2.20. The summed E-state index contributed by atoms with van der Waals surface area (Å²) >= 11 is 0. The van der Waals surface area contributed by atoms with Crippen molar-refractivity contribution in [2.75, 3.05) is 54.1 Å². The van der Waals surface area contributed by atoms with Gasteiger partial charge in [0, 0.05) is 13.0 Å². The number of rotatable bonds is 50. The Morgan fingerprint density at radius 2 is 0.775 bits per heavy atom. The van der Waals surface area contributed by atoms with Gasteiger partial charge in [0.25, 0.3) is 7.82 Å². The van der Waals surface area contributed by atoms with Crippen molar-refractivity contribution in [2.24, 2.45) is 0 Å². The average Bonchev–Trinajstić information content (AvgIpc) is 3.33. The van der Waals surface area contributed by atoms with Crippen molar-refractivity contribution >= 4 is 13.8 Å². The predicted molar refractivity (Wildman–Crippen MR) is 304 cm³/mol. The Kier molecular flexibility index (Phi) is 50.4. The van der Waals surface area contributed by atoms with E-state index in [9.17, 15) is 14.3 Å². The predicted octanol–water partition coefficient (Wildman–Crippen LogP) is 17.2. The SMILES string of the molecule is CC/C=C\C/C=C\C/C=C\C/C=C\C/C=C\C/C=C\C/C=C\CCCCOCC(COP(=O)([O-])OCC[N+](C)(C)C)OC(=O)CCCCCCCCCCCCCC/C=C\C/C=C\C/C=C\C/C=C\CC. The molecule has 8 nitrogen and oxygen atoms in total. The number of phosphoric ester groups is 1. The molecule has 2 unspecified atom stereocenters. The van der Waals surface area contributed by atoms with Gasteiger partial charge in [0.05, 0.1) is 34.4 Å². The van der Waals surface area contributed by atoms with Gasteiger partial charge in [-0.15, -0.1) is 0 Å². The molecule has 9 heteroatoms. The molecule has 0 aliphatic carbocycles. The molecule has 0 amide bonds. The summed E-state index contributed by atoms with van der Waals surface area (Å²) in [6.45, 7) is 5.05. The molecule has 0 aromatic heterocycles. The molecule has 0 aromatic rings. The molecule has 0 fully saturated rings. The zero-order valence-corrected chi connectivity index (χ0v) is 46.8. The van der Waals surface area contributed by atoms with E-state index in [4.69, 9.17) is 18.5 Å². The number of allylic oxidation sites excluding steroid dienone is 22. The minimum atomic E-state index is -4.56. The molecule has 71 heavy (non-hydrogen) atoms. The zero-order valence-electron chi connectivity index (χ0n) is 45.9. The number of likely N-dealkylation sites (N-methyl/N-ethyl adjacent to an activating group) is 1. The van der Waals surface area contributed by atoms with Crippen molar-refractivity contribution in [3.63, 3.8) is 0 Å². The van der Waals surface area contributed by atoms with Gasteiger partial charge in [0.15, 0.2) is 0 Å². The molecule has 2 atom stereocenters. The highest BCUT2D eigenvalue weighted by atomic mass is 31.2. The summed E-state index contributed by atoms with van der Waals surface area (Å²) in [4.78, 5) is 25.3. The molecule has 0 aliphatic rings. The number of esters is 1. The maximum absolute atomic E-state index is 12.8. The minimum absolute atomic E-state index is 0.00920. The van der Waals surface area contributed by atoms with E-state index in [1.807, 2.05) is 21.1 Å². The molecule has 0 bridgehead atoms. The molecule has 0 saturated carbocycles. The van der Waals surface area contributed by atoms with E-state index in [0.717, 1.165) is 109 Å². The van der Waals surface area contributed by atoms with Gasteiger partial charge < -0.3 is 27.9 Å². The summed E-state index contributed by atoms with van der Waals surface area (Å²) in [5.74, 6) is -0.357. The van der Waals surface area contributed by atoms with E-state index in [1.54, 1.807) is 0 Å². The quantitative estimate of drug-likeness (QED) is 0.0197.